The minimum atomic E-state index is -0.417. The van der Waals surface area contributed by atoms with Gasteiger partial charge in [-0.05, 0) is 52.2 Å². The first-order valence-electron chi connectivity index (χ1n) is 7.61. The average molecular weight is 284 g/mol. The van der Waals surface area contributed by atoms with Gasteiger partial charge >= 0.3 is 6.03 Å². The third kappa shape index (κ3) is 5.46. The van der Waals surface area contributed by atoms with Gasteiger partial charge in [-0.2, -0.15) is 0 Å². The largest absolute Gasteiger partial charge is 0.338 e. The topological polar surface area (TPSA) is 73.5 Å². The molecule has 0 saturated carbocycles. The second-order valence-electron chi connectivity index (χ2n) is 5.32. The van der Waals surface area contributed by atoms with E-state index in [0.717, 1.165) is 26.2 Å². The van der Waals surface area contributed by atoms with Crippen molar-refractivity contribution in [3.8, 4) is 0 Å². The van der Waals surface area contributed by atoms with E-state index in [0.29, 0.717) is 12.5 Å². The molecule has 2 atom stereocenters. The Morgan fingerprint density at radius 2 is 2.15 bits per heavy atom. The van der Waals surface area contributed by atoms with Gasteiger partial charge in [-0.25, -0.2) is 4.79 Å². The molecule has 0 spiro atoms. The Balaban J connectivity index is 2.45. The van der Waals surface area contributed by atoms with Crippen molar-refractivity contribution in [2.45, 2.75) is 39.7 Å². The molecule has 0 aliphatic carbocycles. The first-order valence-corrected chi connectivity index (χ1v) is 7.61. The van der Waals surface area contributed by atoms with E-state index in [9.17, 15) is 9.59 Å². The predicted octanol–water partition coefficient (Wildman–Crippen LogP) is 0.542. The van der Waals surface area contributed by atoms with Gasteiger partial charge in [-0.15, -0.1) is 0 Å². The molecule has 0 aromatic rings. The maximum Gasteiger partial charge on any atom is 0.321 e. The smallest absolute Gasteiger partial charge is 0.321 e. The summed E-state index contributed by atoms with van der Waals surface area (Å²) in [5.74, 6) is 0.352. The standard InChI is InChI=1S/C14H28N4O2/c1-4-16-14(20)17-13(19)11(3)18(5-2)10-12-7-6-8-15-9-12/h11-12,15H,4-10H2,1-3H3,(H2,16,17,19,20). The maximum absolute atomic E-state index is 12.0. The number of nitrogens with zero attached hydrogens (tertiary/aromatic N) is 1. The van der Waals surface area contributed by atoms with Crippen LogP contribution < -0.4 is 16.0 Å². The van der Waals surface area contributed by atoms with Crippen LogP contribution in [0.3, 0.4) is 0 Å². The summed E-state index contributed by atoms with van der Waals surface area (Å²) in [6.07, 6.45) is 2.40. The minimum absolute atomic E-state index is 0.235. The molecule has 3 amide bonds. The summed E-state index contributed by atoms with van der Waals surface area (Å²) in [5.41, 5.74) is 0. The monoisotopic (exact) mass is 284 g/mol. The number of hydrogen-bond donors (Lipinski definition) is 3. The van der Waals surface area contributed by atoms with Gasteiger partial charge in [0.05, 0.1) is 6.04 Å². The Hall–Kier alpha value is -1.14. The molecular weight excluding hydrogens is 256 g/mol. The molecule has 1 aliphatic rings. The average Bonchev–Trinajstić information content (AvgIpc) is 2.45. The summed E-state index contributed by atoms with van der Waals surface area (Å²) in [4.78, 5) is 25.6. The third-order valence-electron chi connectivity index (χ3n) is 3.80. The van der Waals surface area contributed by atoms with Gasteiger partial charge in [-0.3, -0.25) is 15.0 Å². The number of carbonyl (C=O) groups excluding carboxylic acids is 2. The molecule has 6 nitrogen and oxygen atoms in total. The number of rotatable bonds is 6. The lowest BCUT2D eigenvalue weighted by Crippen LogP contribution is -2.51. The Labute approximate surface area is 121 Å². The van der Waals surface area contributed by atoms with E-state index in [4.69, 9.17) is 0 Å². The van der Waals surface area contributed by atoms with E-state index in [2.05, 4.69) is 20.9 Å². The second kappa shape index (κ2) is 8.92. The fourth-order valence-electron chi connectivity index (χ4n) is 2.56. The summed E-state index contributed by atoms with van der Waals surface area (Å²) < 4.78 is 0. The van der Waals surface area contributed by atoms with Crippen molar-refractivity contribution < 1.29 is 9.59 Å². The third-order valence-corrected chi connectivity index (χ3v) is 3.80. The fraction of sp³-hybridized carbons (Fsp3) is 0.857. The molecule has 1 rings (SSSR count). The number of nitrogens with one attached hydrogen (secondary N) is 3. The van der Waals surface area contributed by atoms with Gasteiger partial charge in [0.15, 0.2) is 0 Å². The van der Waals surface area contributed by atoms with Crippen LogP contribution >= 0.6 is 0 Å². The van der Waals surface area contributed by atoms with Gasteiger partial charge in [-0.1, -0.05) is 6.92 Å². The summed E-state index contributed by atoms with van der Waals surface area (Å²) in [6, 6.07) is -0.704. The Morgan fingerprint density at radius 3 is 2.70 bits per heavy atom. The molecule has 0 aromatic carbocycles. The van der Waals surface area contributed by atoms with E-state index < -0.39 is 6.03 Å². The molecule has 116 valence electrons. The Kier molecular flexibility index (Phi) is 7.54. The molecule has 1 saturated heterocycles. The lowest BCUT2D eigenvalue weighted by atomic mass is 9.98. The van der Waals surface area contributed by atoms with E-state index in [1.54, 1.807) is 0 Å². The number of piperidine rings is 1. The van der Waals surface area contributed by atoms with E-state index in [1.807, 2.05) is 20.8 Å². The molecular formula is C14H28N4O2. The first kappa shape index (κ1) is 16.9. The van der Waals surface area contributed by atoms with Crippen LogP contribution in [0.25, 0.3) is 0 Å². The van der Waals surface area contributed by atoms with Crippen LogP contribution in [0.2, 0.25) is 0 Å². The Bertz CT molecular complexity index is 316. The molecule has 3 N–H and O–H groups in total. The number of urea groups is 1. The van der Waals surface area contributed by atoms with Gasteiger partial charge in [0.2, 0.25) is 5.91 Å². The van der Waals surface area contributed by atoms with Crippen molar-refractivity contribution in [2.24, 2.45) is 5.92 Å². The minimum Gasteiger partial charge on any atom is -0.338 e. The lowest BCUT2D eigenvalue weighted by Gasteiger charge is -2.32. The highest BCUT2D eigenvalue weighted by molar-refractivity contribution is 5.96. The highest BCUT2D eigenvalue weighted by Gasteiger charge is 2.24. The van der Waals surface area contributed by atoms with Gasteiger partial charge in [0.1, 0.15) is 0 Å². The number of amides is 3. The highest BCUT2D eigenvalue weighted by atomic mass is 16.2. The first-order chi connectivity index (χ1) is 9.58. The molecule has 0 radical (unpaired) electrons. The molecule has 1 aliphatic heterocycles. The molecule has 0 aromatic heterocycles. The summed E-state index contributed by atoms with van der Waals surface area (Å²) in [6.45, 7) is 10.0. The van der Waals surface area contributed by atoms with Crippen molar-refractivity contribution in [2.75, 3.05) is 32.7 Å². The van der Waals surface area contributed by atoms with Crippen LogP contribution in [0.15, 0.2) is 0 Å². The van der Waals surface area contributed by atoms with Crippen molar-refractivity contribution in [1.82, 2.24) is 20.9 Å². The molecule has 20 heavy (non-hydrogen) atoms. The maximum atomic E-state index is 12.0. The van der Waals surface area contributed by atoms with Crippen LogP contribution in [0, 0.1) is 5.92 Å². The van der Waals surface area contributed by atoms with Crippen molar-refractivity contribution in [3.05, 3.63) is 0 Å². The fourth-order valence-corrected chi connectivity index (χ4v) is 2.56. The molecule has 0 bridgehead atoms. The van der Waals surface area contributed by atoms with Crippen molar-refractivity contribution in [1.29, 1.82) is 0 Å². The van der Waals surface area contributed by atoms with Gasteiger partial charge < -0.3 is 10.6 Å². The summed E-state index contributed by atoms with van der Waals surface area (Å²) in [7, 11) is 0. The van der Waals surface area contributed by atoms with Crippen LogP contribution in [-0.2, 0) is 4.79 Å². The van der Waals surface area contributed by atoms with Crippen molar-refractivity contribution >= 4 is 11.9 Å². The number of carbonyl (C=O) groups is 2. The summed E-state index contributed by atoms with van der Waals surface area (Å²) >= 11 is 0. The normalized spacial score (nSPS) is 20.5. The Morgan fingerprint density at radius 1 is 1.40 bits per heavy atom. The van der Waals surface area contributed by atoms with E-state index in [-0.39, 0.29) is 11.9 Å². The van der Waals surface area contributed by atoms with E-state index >= 15 is 0 Å². The lowest BCUT2D eigenvalue weighted by molar-refractivity contribution is -0.125. The van der Waals surface area contributed by atoms with Crippen LogP contribution in [-0.4, -0.2) is 55.6 Å². The van der Waals surface area contributed by atoms with Gasteiger partial charge in [0, 0.05) is 13.1 Å². The SMILES string of the molecule is CCNC(=O)NC(=O)C(C)N(CC)CC1CCCNC1. The zero-order chi connectivity index (χ0) is 15.0. The van der Waals surface area contributed by atoms with Crippen LogP contribution in [0.1, 0.15) is 33.6 Å². The predicted molar refractivity (Wildman–Crippen MR) is 79.5 cm³/mol. The van der Waals surface area contributed by atoms with Crippen molar-refractivity contribution in [3.63, 3.8) is 0 Å². The van der Waals surface area contributed by atoms with Crippen LogP contribution in [0.5, 0.6) is 0 Å². The number of imide groups is 1. The second-order valence-corrected chi connectivity index (χ2v) is 5.32. The summed E-state index contributed by atoms with van der Waals surface area (Å²) in [5, 5.41) is 8.35. The van der Waals surface area contributed by atoms with Crippen LogP contribution in [0.4, 0.5) is 4.79 Å². The highest BCUT2D eigenvalue weighted by Crippen LogP contribution is 2.13. The van der Waals surface area contributed by atoms with Gasteiger partial charge in [0.25, 0.3) is 0 Å². The number of hydrogen-bond acceptors (Lipinski definition) is 4. The molecule has 6 heteroatoms. The molecule has 2 unspecified atom stereocenters. The zero-order valence-corrected chi connectivity index (χ0v) is 12.9. The van der Waals surface area contributed by atoms with E-state index in [1.165, 1.54) is 12.8 Å². The zero-order valence-electron chi connectivity index (χ0n) is 12.9. The molecule has 1 fully saturated rings. The number of likely N-dealkylation sites (N-methyl/N-ethyl adjacent to an activating group) is 1. The molecule has 1 heterocycles. The quantitative estimate of drug-likeness (QED) is 0.666.